The van der Waals surface area contributed by atoms with Crippen LogP contribution in [0.5, 0.6) is 0 Å². The van der Waals surface area contributed by atoms with Gasteiger partial charge >= 0.3 is 5.97 Å². The number of carbonyl (C=O) groups is 1. The molecule has 8 nitrogen and oxygen atoms in total. The molecule has 84 valence electrons. The molecule has 0 saturated carbocycles. The molecule has 0 atom stereocenters. The highest BCUT2D eigenvalue weighted by atomic mass is 16.4. The van der Waals surface area contributed by atoms with E-state index in [2.05, 4.69) is 20.6 Å². The summed E-state index contributed by atoms with van der Waals surface area (Å²) in [6.07, 6.45) is 3.44. The van der Waals surface area contributed by atoms with E-state index in [1.807, 2.05) is 0 Å². The zero-order valence-corrected chi connectivity index (χ0v) is 8.39. The van der Waals surface area contributed by atoms with Crippen molar-refractivity contribution < 1.29 is 9.90 Å². The Balaban J connectivity index is 2.04. The normalized spacial score (nSPS) is 10.5. The van der Waals surface area contributed by atoms with Crippen LogP contribution in [-0.2, 0) is 17.9 Å². The molecule has 0 radical (unpaired) electrons. The molecule has 2 aromatic rings. The highest BCUT2D eigenvalue weighted by molar-refractivity contribution is 5.66. The third-order valence-corrected chi connectivity index (χ3v) is 2.01. The quantitative estimate of drug-likeness (QED) is 0.724. The molecule has 0 bridgehead atoms. The van der Waals surface area contributed by atoms with E-state index < -0.39 is 5.97 Å². The summed E-state index contributed by atoms with van der Waals surface area (Å²) in [5.41, 5.74) is 0. The number of hydrogen-bond donors (Lipinski definition) is 1. The first-order valence-corrected chi connectivity index (χ1v) is 4.70. The summed E-state index contributed by atoms with van der Waals surface area (Å²) in [5, 5.41) is 23.6. The minimum Gasteiger partial charge on any atom is -0.481 e. The van der Waals surface area contributed by atoms with Gasteiger partial charge < -0.3 is 5.11 Å². The van der Waals surface area contributed by atoms with E-state index in [0.717, 1.165) is 0 Å². The van der Waals surface area contributed by atoms with Crippen LogP contribution >= 0.6 is 0 Å². The third kappa shape index (κ3) is 2.41. The Morgan fingerprint density at radius 3 is 3.06 bits per heavy atom. The van der Waals surface area contributed by atoms with Crippen molar-refractivity contribution in [1.29, 1.82) is 0 Å². The lowest BCUT2D eigenvalue weighted by Crippen LogP contribution is -2.12. The fourth-order valence-corrected chi connectivity index (χ4v) is 1.25. The van der Waals surface area contributed by atoms with Crippen LogP contribution in [0, 0.1) is 0 Å². The first kappa shape index (κ1) is 10.3. The van der Waals surface area contributed by atoms with Gasteiger partial charge in [-0.15, -0.1) is 5.10 Å². The molecule has 2 heterocycles. The second-order valence-corrected chi connectivity index (χ2v) is 3.17. The summed E-state index contributed by atoms with van der Waals surface area (Å²) in [6.45, 7) is 0.693. The van der Waals surface area contributed by atoms with E-state index in [1.54, 1.807) is 23.1 Å². The first-order chi connectivity index (χ1) is 7.75. The van der Waals surface area contributed by atoms with Crippen LogP contribution in [0.25, 0.3) is 0 Å². The fourth-order valence-electron chi connectivity index (χ4n) is 1.25. The zero-order chi connectivity index (χ0) is 11.4. The largest absolute Gasteiger partial charge is 0.481 e. The lowest BCUT2D eigenvalue weighted by Gasteiger charge is -2.02. The summed E-state index contributed by atoms with van der Waals surface area (Å²) >= 11 is 0. The smallest absolute Gasteiger partial charge is 0.305 e. The van der Waals surface area contributed by atoms with Gasteiger partial charge in [0, 0.05) is 12.4 Å². The van der Waals surface area contributed by atoms with Crippen molar-refractivity contribution in [3.05, 3.63) is 24.3 Å². The maximum Gasteiger partial charge on any atom is 0.305 e. The van der Waals surface area contributed by atoms with Gasteiger partial charge in [-0.25, -0.2) is 4.68 Å². The molecule has 1 N–H and O–H groups in total. The summed E-state index contributed by atoms with van der Waals surface area (Å²) in [6, 6.07) is 1.80. The number of aromatic nitrogens is 6. The SMILES string of the molecule is O=C(O)CCn1nnnc1Cn1cccn1. The maximum absolute atomic E-state index is 10.4. The molecule has 0 saturated heterocycles. The number of carboxylic acids is 1. The van der Waals surface area contributed by atoms with Crippen LogP contribution in [0.4, 0.5) is 0 Å². The molecule has 2 aromatic heterocycles. The molecule has 2 rings (SSSR count). The molecule has 0 unspecified atom stereocenters. The van der Waals surface area contributed by atoms with Gasteiger partial charge in [-0.1, -0.05) is 0 Å². The van der Waals surface area contributed by atoms with Gasteiger partial charge in [-0.05, 0) is 16.5 Å². The van der Waals surface area contributed by atoms with Gasteiger partial charge in [-0.3, -0.25) is 9.48 Å². The highest BCUT2D eigenvalue weighted by Crippen LogP contribution is 1.97. The Morgan fingerprint density at radius 2 is 2.38 bits per heavy atom. The van der Waals surface area contributed by atoms with E-state index in [1.165, 1.54) is 4.68 Å². The monoisotopic (exact) mass is 222 g/mol. The van der Waals surface area contributed by atoms with Crippen LogP contribution in [0.3, 0.4) is 0 Å². The molecule has 0 amide bonds. The number of aliphatic carboxylic acids is 1. The van der Waals surface area contributed by atoms with Crippen molar-refractivity contribution in [3.8, 4) is 0 Å². The van der Waals surface area contributed by atoms with E-state index in [0.29, 0.717) is 12.4 Å². The number of carboxylic acid groups (broad SMARTS) is 1. The molecule has 0 aliphatic carbocycles. The molecule has 0 aliphatic rings. The Kier molecular flexibility index (Phi) is 2.90. The van der Waals surface area contributed by atoms with E-state index in [-0.39, 0.29) is 13.0 Å². The molecule has 0 aliphatic heterocycles. The summed E-state index contributed by atoms with van der Waals surface area (Å²) in [7, 11) is 0. The number of hydrogen-bond acceptors (Lipinski definition) is 5. The Labute approximate surface area is 90.5 Å². The number of tetrazole rings is 1. The van der Waals surface area contributed by atoms with Gasteiger partial charge in [0.25, 0.3) is 0 Å². The van der Waals surface area contributed by atoms with Gasteiger partial charge in [0.15, 0.2) is 5.82 Å². The van der Waals surface area contributed by atoms with Crippen LogP contribution in [0.2, 0.25) is 0 Å². The van der Waals surface area contributed by atoms with Crippen molar-refractivity contribution in [2.45, 2.75) is 19.5 Å². The lowest BCUT2D eigenvalue weighted by molar-refractivity contribution is -0.137. The number of nitrogens with zero attached hydrogens (tertiary/aromatic N) is 6. The molecule has 8 heteroatoms. The molecular formula is C8H10N6O2. The molecular weight excluding hydrogens is 212 g/mol. The molecule has 0 aromatic carbocycles. The van der Waals surface area contributed by atoms with Crippen LogP contribution in [0.1, 0.15) is 12.2 Å². The average Bonchev–Trinajstić information content (AvgIpc) is 2.87. The first-order valence-electron chi connectivity index (χ1n) is 4.70. The molecule has 16 heavy (non-hydrogen) atoms. The van der Waals surface area contributed by atoms with Crippen molar-refractivity contribution >= 4 is 5.97 Å². The second kappa shape index (κ2) is 4.51. The summed E-state index contributed by atoms with van der Waals surface area (Å²) in [4.78, 5) is 10.4. The summed E-state index contributed by atoms with van der Waals surface area (Å²) in [5.74, 6) is -0.287. The lowest BCUT2D eigenvalue weighted by atomic mass is 10.4. The van der Waals surface area contributed by atoms with Crippen LogP contribution in [-0.4, -0.2) is 41.1 Å². The van der Waals surface area contributed by atoms with Crippen LogP contribution in [0.15, 0.2) is 18.5 Å². The number of aryl methyl sites for hydroxylation is 1. The summed E-state index contributed by atoms with van der Waals surface area (Å²) < 4.78 is 3.14. The van der Waals surface area contributed by atoms with Crippen molar-refractivity contribution in [2.24, 2.45) is 0 Å². The number of rotatable bonds is 5. The van der Waals surface area contributed by atoms with Crippen LogP contribution < -0.4 is 0 Å². The van der Waals surface area contributed by atoms with Gasteiger partial charge in [-0.2, -0.15) is 5.10 Å². The predicted octanol–water partition coefficient (Wildman–Crippen LogP) is -0.607. The average molecular weight is 222 g/mol. The Hall–Kier alpha value is -2.25. The van der Waals surface area contributed by atoms with Gasteiger partial charge in [0.05, 0.1) is 13.0 Å². The van der Waals surface area contributed by atoms with Crippen molar-refractivity contribution in [3.63, 3.8) is 0 Å². The molecule has 0 spiro atoms. The van der Waals surface area contributed by atoms with E-state index in [4.69, 9.17) is 5.11 Å². The molecule has 0 fully saturated rings. The Bertz CT molecular complexity index is 463. The van der Waals surface area contributed by atoms with E-state index in [9.17, 15) is 4.79 Å². The highest BCUT2D eigenvalue weighted by Gasteiger charge is 2.08. The second-order valence-electron chi connectivity index (χ2n) is 3.17. The minimum atomic E-state index is -0.875. The topological polar surface area (TPSA) is 98.7 Å². The minimum absolute atomic E-state index is 0.00283. The zero-order valence-electron chi connectivity index (χ0n) is 8.39. The standard InChI is InChI=1S/C8H10N6O2/c15-8(16)2-5-14-7(10-11-12-14)6-13-4-1-3-9-13/h1,3-4H,2,5-6H2,(H,15,16). The van der Waals surface area contributed by atoms with Gasteiger partial charge in [0.2, 0.25) is 0 Å². The van der Waals surface area contributed by atoms with E-state index >= 15 is 0 Å². The predicted molar refractivity (Wildman–Crippen MR) is 51.4 cm³/mol. The Morgan fingerprint density at radius 1 is 1.50 bits per heavy atom. The van der Waals surface area contributed by atoms with Crippen molar-refractivity contribution in [2.75, 3.05) is 0 Å². The fraction of sp³-hybridized carbons (Fsp3) is 0.375. The van der Waals surface area contributed by atoms with Gasteiger partial charge in [0.1, 0.15) is 6.54 Å². The maximum atomic E-state index is 10.4. The third-order valence-electron chi connectivity index (χ3n) is 2.01. The van der Waals surface area contributed by atoms with Crippen molar-refractivity contribution in [1.82, 2.24) is 30.0 Å².